The molecule has 2 rings (SSSR count). The molecule has 0 amide bonds. The molecule has 0 saturated heterocycles. The van der Waals surface area contributed by atoms with Crippen molar-refractivity contribution >= 4 is 11.5 Å². The van der Waals surface area contributed by atoms with Gasteiger partial charge in [-0.05, 0) is 39.0 Å². The summed E-state index contributed by atoms with van der Waals surface area (Å²) in [7, 11) is 3.05. The Labute approximate surface area is 157 Å². The van der Waals surface area contributed by atoms with Crippen LogP contribution in [-0.4, -0.2) is 42.7 Å². The van der Waals surface area contributed by atoms with E-state index < -0.39 is 4.92 Å². The van der Waals surface area contributed by atoms with Crippen molar-refractivity contribution in [1.82, 2.24) is 4.57 Å². The molecule has 146 valence electrons. The minimum absolute atomic E-state index is 0.0238. The Morgan fingerprint density at radius 1 is 1.26 bits per heavy atom. The number of carbonyl (C=O) groups is 1. The Morgan fingerprint density at radius 3 is 2.56 bits per heavy atom. The summed E-state index contributed by atoms with van der Waals surface area (Å²) in [5.74, 6) is 0.121. The lowest BCUT2D eigenvalue weighted by Crippen LogP contribution is -2.16. The largest absolute Gasteiger partial charge is 0.496 e. The molecule has 2 aromatic rings. The zero-order chi connectivity index (χ0) is 20.1. The van der Waals surface area contributed by atoms with Crippen molar-refractivity contribution in [3.05, 3.63) is 51.3 Å². The monoisotopic (exact) mass is 376 g/mol. The van der Waals surface area contributed by atoms with Crippen LogP contribution in [0.2, 0.25) is 0 Å². The highest BCUT2D eigenvalue weighted by molar-refractivity contribution is 5.98. The number of aryl methyl sites for hydroxylation is 1. The molecule has 0 fully saturated rings. The number of rotatable bonds is 9. The summed E-state index contributed by atoms with van der Waals surface area (Å²) in [4.78, 5) is 23.3. The number of nitro benzene ring substituents is 1. The lowest BCUT2D eigenvalue weighted by molar-refractivity contribution is -0.385. The number of carbonyl (C=O) groups excluding carboxylic acids is 1. The first kappa shape index (κ1) is 20.4. The van der Waals surface area contributed by atoms with Crippen LogP contribution in [-0.2, 0) is 4.74 Å². The van der Waals surface area contributed by atoms with Crippen LogP contribution in [0.25, 0.3) is 0 Å². The zero-order valence-electron chi connectivity index (χ0n) is 16.1. The molecule has 0 aliphatic rings. The summed E-state index contributed by atoms with van der Waals surface area (Å²) < 4.78 is 17.7. The highest BCUT2D eigenvalue weighted by Crippen LogP contribution is 2.31. The van der Waals surface area contributed by atoms with Gasteiger partial charge in [-0.2, -0.15) is 0 Å². The Bertz CT molecular complexity index is 843. The van der Waals surface area contributed by atoms with E-state index in [1.54, 1.807) is 19.2 Å². The van der Waals surface area contributed by atoms with Crippen molar-refractivity contribution in [1.29, 1.82) is 0 Å². The number of Topliss-reactive ketones (excluding diaryl/α,β-unsaturated/α-hetero) is 1. The van der Waals surface area contributed by atoms with Crippen molar-refractivity contribution < 1.29 is 23.9 Å². The van der Waals surface area contributed by atoms with E-state index in [9.17, 15) is 14.9 Å². The first-order chi connectivity index (χ1) is 12.8. The minimum atomic E-state index is -0.569. The van der Waals surface area contributed by atoms with E-state index >= 15 is 0 Å². The van der Waals surface area contributed by atoms with E-state index in [0.717, 1.165) is 11.4 Å². The molecule has 0 aliphatic carbocycles. The summed E-state index contributed by atoms with van der Waals surface area (Å²) in [6.07, 6.45) is 0. The molecule has 1 heterocycles. The van der Waals surface area contributed by atoms with E-state index in [-0.39, 0.29) is 29.9 Å². The quantitative estimate of drug-likeness (QED) is 0.378. The molecule has 0 N–H and O–H groups in total. The molecular weight excluding hydrogens is 352 g/mol. The molecule has 0 bridgehead atoms. The first-order valence-electron chi connectivity index (χ1n) is 8.45. The average Bonchev–Trinajstić information content (AvgIpc) is 2.94. The highest BCUT2D eigenvalue weighted by atomic mass is 16.6. The van der Waals surface area contributed by atoms with Crippen LogP contribution >= 0.6 is 0 Å². The van der Waals surface area contributed by atoms with E-state index in [2.05, 4.69) is 0 Å². The summed E-state index contributed by atoms with van der Waals surface area (Å²) >= 11 is 0. The predicted molar refractivity (Wildman–Crippen MR) is 100.0 cm³/mol. The van der Waals surface area contributed by atoms with Gasteiger partial charge in [0.25, 0.3) is 0 Å². The lowest BCUT2D eigenvalue weighted by Gasteiger charge is -2.17. The van der Waals surface area contributed by atoms with Crippen molar-refractivity contribution in [2.75, 3.05) is 27.4 Å². The van der Waals surface area contributed by atoms with Crippen molar-refractivity contribution in [2.24, 2.45) is 0 Å². The highest BCUT2D eigenvalue weighted by Gasteiger charge is 2.21. The van der Waals surface area contributed by atoms with Crippen molar-refractivity contribution in [3.8, 4) is 11.5 Å². The molecule has 0 unspecified atom stereocenters. The molecule has 1 aromatic carbocycles. The fourth-order valence-corrected chi connectivity index (χ4v) is 3.16. The molecule has 8 heteroatoms. The van der Waals surface area contributed by atoms with E-state index in [1.807, 2.05) is 25.3 Å². The van der Waals surface area contributed by atoms with Gasteiger partial charge in [-0.25, -0.2) is 0 Å². The molecule has 1 atom stereocenters. The van der Waals surface area contributed by atoms with Gasteiger partial charge in [0.05, 0.1) is 30.7 Å². The van der Waals surface area contributed by atoms with Crippen molar-refractivity contribution in [2.45, 2.75) is 26.8 Å². The molecule has 0 aliphatic heterocycles. The van der Waals surface area contributed by atoms with Crippen LogP contribution in [0.1, 0.15) is 34.7 Å². The normalized spacial score (nSPS) is 11.9. The van der Waals surface area contributed by atoms with Gasteiger partial charge in [-0.15, -0.1) is 0 Å². The van der Waals surface area contributed by atoms with E-state index in [0.29, 0.717) is 17.9 Å². The van der Waals surface area contributed by atoms with Gasteiger partial charge in [0, 0.05) is 24.1 Å². The smallest absolute Gasteiger partial charge is 0.314 e. The Morgan fingerprint density at radius 2 is 1.96 bits per heavy atom. The third kappa shape index (κ3) is 4.46. The van der Waals surface area contributed by atoms with Gasteiger partial charge in [0.1, 0.15) is 5.75 Å². The van der Waals surface area contributed by atoms with Crippen LogP contribution in [0.3, 0.4) is 0 Å². The molecule has 1 aromatic heterocycles. The topological polar surface area (TPSA) is 92.8 Å². The number of ketones is 1. The fraction of sp³-hybridized carbons (Fsp3) is 0.421. The number of aromatic nitrogens is 1. The minimum Gasteiger partial charge on any atom is -0.496 e. The number of ether oxygens (including phenoxy) is 3. The molecule has 0 radical (unpaired) electrons. The molecule has 0 saturated carbocycles. The van der Waals surface area contributed by atoms with Gasteiger partial charge in [0.2, 0.25) is 5.78 Å². The summed E-state index contributed by atoms with van der Waals surface area (Å²) in [5, 5.41) is 11.2. The second-order valence-electron chi connectivity index (χ2n) is 6.26. The zero-order valence-corrected chi connectivity index (χ0v) is 16.1. The maximum absolute atomic E-state index is 12.6. The van der Waals surface area contributed by atoms with E-state index in [4.69, 9.17) is 14.2 Å². The lowest BCUT2D eigenvalue weighted by atomic mass is 10.1. The summed E-state index contributed by atoms with van der Waals surface area (Å²) in [6, 6.07) is 6.12. The van der Waals surface area contributed by atoms with E-state index in [1.165, 1.54) is 19.2 Å². The number of benzene rings is 1. The predicted octanol–water partition coefficient (Wildman–Crippen LogP) is 3.49. The number of nitrogens with zero attached hydrogens (tertiary/aromatic N) is 2. The molecule has 0 spiro atoms. The van der Waals surface area contributed by atoms with Gasteiger partial charge in [0.15, 0.2) is 12.4 Å². The third-order valence-corrected chi connectivity index (χ3v) is 4.35. The third-order valence-electron chi connectivity index (χ3n) is 4.35. The standard InChI is InChI=1S/C19H24N2O6/c1-12-8-16(14(3)20(12)13(2)10-25-4)18(22)11-27-19-7-6-15(26-5)9-17(19)21(23)24/h6-9,13H,10-11H2,1-5H3/t13-/m1/s1. The number of hydrogen-bond acceptors (Lipinski definition) is 6. The van der Waals surface area contributed by atoms with Crippen LogP contribution < -0.4 is 9.47 Å². The number of nitro groups is 1. The van der Waals surface area contributed by atoms with Crippen LogP contribution in [0.15, 0.2) is 24.3 Å². The number of hydrogen-bond donors (Lipinski definition) is 0. The Kier molecular flexibility index (Phi) is 6.57. The van der Waals surface area contributed by atoms with Gasteiger partial charge in [-0.3, -0.25) is 14.9 Å². The van der Waals surface area contributed by atoms with Crippen LogP contribution in [0, 0.1) is 24.0 Å². The summed E-state index contributed by atoms with van der Waals surface area (Å²) in [6.45, 7) is 6.02. The summed E-state index contributed by atoms with van der Waals surface area (Å²) in [5.41, 5.74) is 2.04. The molecule has 8 nitrogen and oxygen atoms in total. The Balaban J connectivity index is 2.20. The second-order valence-corrected chi connectivity index (χ2v) is 6.26. The SMILES string of the molecule is COC[C@@H](C)n1c(C)cc(C(=O)COc2ccc(OC)cc2[N+](=O)[O-])c1C. The molecule has 27 heavy (non-hydrogen) atoms. The fourth-order valence-electron chi connectivity index (χ4n) is 3.16. The second kappa shape index (κ2) is 8.68. The van der Waals surface area contributed by atoms with Crippen molar-refractivity contribution in [3.63, 3.8) is 0 Å². The number of methoxy groups -OCH3 is 2. The van der Waals surface area contributed by atoms with Gasteiger partial charge < -0.3 is 18.8 Å². The van der Waals surface area contributed by atoms with Gasteiger partial charge in [-0.1, -0.05) is 0 Å². The van der Waals surface area contributed by atoms with Gasteiger partial charge >= 0.3 is 5.69 Å². The van der Waals surface area contributed by atoms with Crippen LogP contribution in [0.5, 0.6) is 11.5 Å². The Hall–Kier alpha value is -2.87. The first-order valence-corrected chi connectivity index (χ1v) is 8.45. The maximum Gasteiger partial charge on any atom is 0.314 e. The maximum atomic E-state index is 12.6. The van der Waals surface area contributed by atoms with Crippen LogP contribution in [0.4, 0.5) is 5.69 Å². The average molecular weight is 376 g/mol. The molecular formula is C19H24N2O6.